The van der Waals surface area contributed by atoms with Crippen molar-refractivity contribution in [1.29, 1.82) is 0 Å². The van der Waals surface area contributed by atoms with E-state index in [9.17, 15) is 4.79 Å². The van der Waals surface area contributed by atoms with Crippen LogP contribution in [0.4, 0.5) is 4.79 Å². The fraction of sp³-hybridized carbons (Fsp3) is 0.941. The molecule has 2 fully saturated rings. The van der Waals surface area contributed by atoms with E-state index in [1.165, 1.54) is 38.9 Å². The first kappa shape index (κ1) is 17.5. The molecule has 0 unspecified atom stereocenters. The van der Waals surface area contributed by atoms with Crippen LogP contribution in [0.5, 0.6) is 0 Å². The number of ether oxygens (including phenoxy) is 1. The molecule has 1 aliphatic carbocycles. The van der Waals surface area contributed by atoms with Gasteiger partial charge in [-0.3, -0.25) is 0 Å². The third-order valence-electron chi connectivity index (χ3n) is 4.46. The minimum Gasteiger partial charge on any atom is -0.444 e. The lowest BCUT2D eigenvalue weighted by Crippen LogP contribution is -2.56. The average Bonchev–Trinajstić information content (AvgIpc) is 2.36. The van der Waals surface area contributed by atoms with Gasteiger partial charge >= 0.3 is 6.09 Å². The molecule has 1 aliphatic heterocycles. The van der Waals surface area contributed by atoms with Gasteiger partial charge in [0.25, 0.3) is 0 Å². The summed E-state index contributed by atoms with van der Waals surface area (Å²) in [6, 6.07) is 1.48. The Balaban J connectivity index is 1.57. The molecule has 2 aliphatic rings. The molecule has 2 rings (SSSR count). The van der Waals surface area contributed by atoms with Crippen molar-refractivity contribution in [1.82, 2.24) is 15.5 Å². The van der Waals surface area contributed by atoms with Crippen LogP contribution in [-0.2, 0) is 4.74 Å². The standard InChI is InChI=1S/C17H33N3O2/c1-5-8-20-9-6-13(7-10-20)18-14-11-15(12-14)19-16(21)22-17(2,3)4/h13-15,18H,5-12H2,1-4H3,(H,19,21). The Kier molecular flexibility index (Phi) is 6.09. The van der Waals surface area contributed by atoms with Gasteiger partial charge in [-0.25, -0.2) is 4.79 Å². The molecule has 1 saturated carbocycles. The Morgan fingerprint density at radius 3 is 2.32 bits per heavy atom. The van der Waals surface area contributed by atoms with E-state index in [-0.39, 0.29) is 12.1 Å². The molecule has 0 aromatic rings. The number of likely N-dealkylation sites (tertiary alicyclic amines) is 1. The van der Waals surface area contributed by atoms with Crippen molar-refractivity contribution in [3.05, 3.63) is 0 Å². The van der Waals surface area contributed by atoms with E-state index in [0.29, 0.717) is 12.1 Å². The molecule has 0 atom stereocenters. The van der Waals surface area contributed by atoms with Gasteiger partial charge in [0, 0.05) is 18.1 Å². The molecular weight excluding hydrogens is 278 g/mol. The number of carbonyl (C=O) groups excluding carboxylic acids is 1. The van der Waals surface area contributed by atoms with Crippen LogP contribution in [0.2, 0.25) is 0 Å². The summed E-state index contributed by atoms with van der Waals surface area (Å²) in [5.41, 5.74) is -0.419. The predicted molar refractivity (Wildman–Crippen MR) is 89.1 cm³/mol. The van der Waals surface area contributed by atoms with Gasteiger partial charge in [0.2, 0.25) is 0 Å². The van der Waals surface area contributed by atoms with E-state index < -0.39 is 5.60 Å². The number of hydrogen-bond acceptors (Lipinski definition) is 4. The van der Waals surface area contributed by atoms with Crippen LogP contribution in [0.3, 0.4) is 0 Å². The van der Waals surface area contributed by atoms with Crippen LogP contribution in [0.15, 0.2) is 0 Å². The maximum absolute atomic E-state index is 11.7. The molecule has 2 N–H and O–H groups in total. The van der Waals surface area contributed by atoms with Crippen LogP contribution in [0.1, 0.15) is 59.8 Å². The zero-order valence-corrected chi connectivity index (χ0v) is 14.7. The lowest BCUT2D eigenvalue weighted by atomic mass is 9.85. The first-order valence-electron chi connectivity index (χ1n) is 8.83. The number of nitrogens with zero attached hydrogens (tertiary/aromatic N) is 1. The van der Waals surface area contributed by atoms with Gasteiger partial charge in [0.15, 0.2) is 0 Å². The summed E-state index contributed by atoms with van der Waals surface area (Å²) in [5, 5.41) is 6.71. The van der Waals surface area contributed by atoms with Crippen molar-refractivity contribution in [3.8, 4) is 0 Å². The molecule has 22 heavy (non-hydrogen) atoms. The Morgan fingerprint density at radius 1 is 1.14 bits per heavy atom. The number of hydrogen-bond donors (Lipinski definition) is 2. The van der Waals surface area contributed by atoms with Gasteiger partial charge in [0.1, 0.15) is 5.60 Å². The second kappa shape index (κ2) is 7.64. The Hall–Kier alpha value is -0.810. The molecule has 128 valence electrons. The Bertz CT molecular complexity index is 353. The first-order chi connectivity index (χ1) is 10.4. The molecule has 0 aromatic heterocycles. The normalized spacial score (nSPS) is 27.3. The van der Waals surface area contributed by atoms with E-state index in [4.69, 9.17) is 4.74 Å². The number of rotatable bonds is 5. The van der Waals surface area contributed by atoms with Crippen LogP contribution < -0.4 is 10.6 Å². The highest BCUT2D eigenvalue weighted by molar-refractivity contribution is 5.68. The first-order valence-corrected chi connectivity index (χ1v) is 8.83. The quantitative estimate of drug-likeness (QED) is 0.819. The second-order valence-electron chi connectivity index (χ2n) is 7.79. The van der Waals surface area contributed by atoms with Crippen LogP contribution >= 0.6 is 0 Å². The molecule has 0 spiro atoms. The van der Waals surface area contributed by atoms with Gasteiger partial charge in [-0.2, -0.15) is 0 Å². The molecule has 1 amide bonds. The average molecular weight is 311 g/mol. The van der Waals surface area contributed by atoms with Gasteiger partial charge < -0.3 is 20.3 Å². The summed E-state index contributed by atoms with van der Waals surface area (Å²) in [7, 11) is 0. The lowest BCUT2D eigenvalue weighted by Gasteiger charge is -2.41. The third kappa shape index (κ3) is 5.76. The molecule has 0 aromatic carbocycles. The topological polar surface area (TPSA) is 53.6 Å². The Morgan fingerprint density at radius 2 is 1.77 bits per heavy atom. The maximum atomic E-state index is 11.7. The molecule has 0 bridgehead atoms. The van der Waals surface area contributed by atoms with Crippen LogP contribution in [-0.4, -0.2) is 54.4 Å². The van der Waals surface area contributed by atoms with Crippen molar-refractivity contribution in [2.45, 2.75) is 83.5 Å². The van der Waals surface area contributed by atoms with Gasteiger partial charge in [-0.1, -0.05) is 6.92 Å². The van der Waals surface area contributed by atoms with Crippen LogP contribution in [0, 0.1) is 0 Å². The van der Waals surface area contributed by atoms with Crippen LogP contribution in [0.25, 0.3) is 0 Å². The third-order valence-corrected chi connectivity index (χ3v) is 4.46. The predicted octanol–water partition coefficient (Wildman–Crippen LogP) is 2.51. The van der Waals surface area contributed by atoms with Gasteiger partial charge in [-0.05, 0) is 72.5 Å². The highest BCUT2D eigenvalue weighted by Gasteiger charge is 2.33. The zero-order chi connectivity index (χ0) is 16.2. The summed E-state index contributed by atoms with van der Waals surface area (Å²) in [5.74, 6) is 0. The van der Waals surface area contributed by atoms with Crippen molar-refractivity contribution < 1.29 is 9.53 Å². The Labute approximate surface area is 135 Å². The molecular formula is C17H33N3O2. The lowest BCUT2D eigenvalue weighted by molar-refractivity contribution is 0.0459. The van der Waals surface area contributed by atoms with E-state index >= 15 is 0 Å². The largest absolute Gasteiger partial charge is 0.444 e. The summed E-state index contributed by atoms with van der Waals surface area (Å²) >= 11 is 0. The van der Waals surface area contributed by atoms with Gasteiger partial charge in [-0.15, -0.1) is 0 Å². The molecule has 1 saturated heterocycles. The van der Waals surface area contributed by atoms with E-state index in [0.717, 1.165) is 12.8 Å². The monoisotopic (exact) mass is 311 g/mol. The SMILES string of the molecule is CCCN1CCC(NC2CC(NC(=O)OC(C)(C)C)C2)CC1. The highest BCUT2D eigenvalue weighted by Crippen LogP contribution is 2.23. The fourth-order valence-corrected chi connectivity index (χ4v) is 3.32. The van der Waals surface area contributed by atoms with Crippen molar-refractivity contribution in [2.75, 3.05) is 19.6 Å². The molecule has 0 radical (unpaired) electrons. The fourth-order valence-electron chi connectivity index (χ4n) is 3.32. The van der Waals surface area contributed by atoms with E-state index in [1.54, 1.807) is 0 Å². The van der Waals surface area contributed by atoms with Crippen molar-refractivity contribution in [3.63, 3.8) is 0 Å². The number of alkyl carbamates (subject to hydrolysis) is 1. The number of amides is 1. The minimum atomic E-state index is -0.419. The van der Waals surface area contributed by atoms with E-state index in [2.05, 4.69) is 22.5 Å². The van der Waals surface area contributed by atoms with E-state index in [1.807, 2.05) is 20.8 Å². The smallest absolute Gasteiger partial charge is 0.407 e. The molecule has 1 heterocycles. The number of piperidine rings is 1. The second-order valence-corrected chi connectivity index (χ2v) is 7.79. The molecule has 5 heteroatoms. The van der Waals surface area contributed by atoms with Crippen molar-refractivity contribution >= 4 is 6.09 Å². The summed E-state index contributed by atoms with van der Waals surface area (Å²) in [6.45, 7) is 11.6. The molecule has 5 nitrogen and oxygen atoms in total. The number of carbonyl (C=O) groups is 1. The van der Waals surface area contributed by atoms with Crippen molar-refractivity contribution in [2.24, 2.45) is 0 Å². The summed E-state index contributed by atoms with van der Waals surface area (Å²) in [4.78, 5) is 14.3. The highest BCUT2D eigenvalue weighted by atomic mass is 16.6. The summed E-state index contributed by atoms with van der Waals surface area (Å²) < 4.78 is 5.29. The number of nitrogens with one attached hydrogen (secondary N) is 2. The zero-order valence-electron chi connectivity index (χ0n) is 14.7. The summed E-state index contributed by atoms with van der Waals surface area (Å²) in [6.07, 6.45) is 5.51. The maximum Gasteiger partial charge on any atom is 0.407 e. The van der Waals surface area contributed by atoms with Gasteiger partial charge in [0.05, 0.1) is 0 Å². The minimum absolute atomic E-state index is 0.271.